The summed E-state index contributed by atoms with van der Waals surface area (Å²) >= 11 is 0. The lowest BCUT2D eigenvalue weighted by Gasteiger charge is -2.24. The average molecular weight is 233 g/mol. The van der Waals surface area contributed by atoms with E-state index in [1.165, 1.54) is 0 Å². The molecule has 1 aromatic rings. The summed E-state index contributed by atoms with van der Waals surface area (Å²) in [7, 11) is 0. The van der Waals surface area contributed by atoms with Gasteiger partial charge in [0.25, 0.3) is 0 Å². The standard InChI is InChI=1S/C14H19NO2/c15-11-14(8-4-5-9-14)13(16)17-10-12-6-2-1-3-7-12/h1-3,6-7H,4-5,8-11,15H2. The van der Waals surface area contributed by atoms with Gasteiger partial charge < -0.3 is 10.5 Å². The highest BCUT2D eigenvalue weighted by Gasteiger charge is 2.41. The van der Waals surface area contributed by atoms with Gasteiger partial charge in [-0.1, -0.05) is 43.2 Å². The van der Waals surface area contributed by atoms with Crippen LogP contribution in [0.2, 0.25) is 0 Å². The quantitative estimate of drug-likeness (QED) is 0.811. The highest BCUT2D eigenvalue weighted by molar-refractivity contribution is 5.77. The first kappa shape index (κ1) is 12.1. The van der Waals surface area contributed by atoms with E-state index in [-0.39, 0.29) is 5.97 Å². The van der Waals surface area contributed by atoms with Gasteiger partial charge in [-0.25, -0.2) is 0 Å². The maximum Gasteiger partial charge on any atom is 0.313 e. The Labute approximate surface area is 102 Å². The van der Waals surface area contributed by atoms with Gasteiger partial charge in [0, 0.05) is 6.54 Å². The predicted molar refractivity (Wildman–Crippen MR) is 66.2 cm³/mol. The van der Waals surface area contributed by atoms with Crippen LogP contribution in [0.3, 0.4) is 0 Å². The number of esters is 1. The molecule has 0 atom stereocenters. The van der Waals surface area contributed by atoms with Crippen LogP contribution in [0, 0.1) is 5.41 Å². The SMILES string of the molecule is NCC1(C(=O)OCc2ccccc2)CCCC1. The minimum atomic E-state index is -0.408. The number of ether oxygens (including phenoxy) is 1. The summed E-state index contributed by atoms with van der Waals surface area (Å²) in [4.78, 5) is 12.1. The number of hydrogen-bond donors (Lipinski definition) is 1. The zero-order chi connectivity index (χ0) is 12.1. The molecule has 17 heavy (non-hydrogen) atoms. The van der Waals surface area contributed by atoms with Crippen molar-refractivity contribution in [3.8, 4) is 0 Å². The number of rotatable bonds is 4. The van der Waals surface area contributed by atoms with Gasteiger partial charge in [-0.2, -0.15) is 0 Å². The van der Waals surface area contributed by atoms with Gasteiger partial charge >= 0.3 is 5.97 Å². The first-order valence-electron chi connectivity index (χ1n) is 6.18. The Morgan fingerprint density at radius 3 is 2.47 bits per heavy atom. The number of benzene rings is 1. The zero-order valence-corrected chi connectivity index (χ0v) is 10.0. The van der Waals surface area contributed by atoms with E-state index in [0.717, 1.165) is 31.2 Å². The molecule has 1 aliphatic carbocycles. The molecule has 0 unspecified atom stereocenters. The molecule has 0 aliphatic heterocycles. The molecule has 1 fully saturated rings. The molecule has 0 aromatic heterocycles. The van der Waals surface area contributed by atoms with E-state index in [2.05, 4.69) is 0 Å². The Morgan fingerprint density at radius 1 is 1.24 bits per heavy atom. The molecule has 2 rings (SSSR count). The van der Waals surface area contributed by atoms with E-state index in [1.807, 2.05) is 30.3 Å². The molecule has 1 saturated carbocycles. The Bertz CT molecular complexity index is 369. The Morgan fingerprint density at radius 2 is 1.88 bits per heavy atom. The van der Waals surface area contributed by atoms with E-state index in [9.17, 15) is 4.79 Å². The van der Waals surface area contributed by atoms with Crippen LogP contribution in [0.4, 0.5) is 0 Å². The van der Waals surface area contributed by atoms with Crippen LogP contribution in [-0.4, -0.2) is 12.5 Å². The molecule has 0 spiro atoms. The van der Waals surface area contributed by atoms with Crippen LogP contribution in [-0.2, 0) is 16.1 Å². The van der Waals surface area contributed by atoms with Gasteiger partial charge in [0.2, 0.25) is 0 Å². The van der Waals surface area contributed by atoms with Crippen molar-refractivity contribution in [1.82, 2.24) is 0 Å². The first-order chi connectivity index (χ1) is 8.27. The zero-order valence-electron chi connectivity index (χ0n) is 10.0. The molecule has 0 bridgehead atoms. The van der Waals surface area contributed by atoms with Crippen LogP contribution in [0.5, 0.6) is 0 Å². The maximum atomic E-state index is 12.1. The molecular formula is C14H19NO2. The highest BCUT2D eigenvalue weighted by atomic mass is 16.5. The molecule has 0 heterocycles. The van der Waals surface area contributed by atoms with Crippen molar-refractivity contribution in [2.24, 2.45) is 11.1 Å². The monoisotopic (exact) mass is 233 g/mol. The molecule has 1 aliphatic rings. The molecule has 0 radical (unpaired) electrons. The maximum absolute atomic E-state index is 12.1. The molecule has 3 nitrogen and oxygen atoms in total. The Hall–Kier alpha value is -1.35. The van der Waals surface area contributed by atoms with Gasteiger partial charge in [0.1, 0.15) is 6.61 Å². The largest absolute Gasteiger partial charge is 0.460 e. The van der Waals surface area contributed by atoms with Gasteiger partial charge in [-0.15, -0.1) is 0 Å². The smallest absolute Gasteiger partial charge is 0.313 e. The number of carbonyl (C=O) groups is 1. The van der Waals surface area contributed by atoms with Crippen LogP contribution in [0.15, 0.2) is 30.3 Å². The van der Waals surface area contributed by atoms with E-state index in [4.69, 9.17) is 10.5 Å². The third kappa shape index (κ3) is 2.67. The van der Waals surface area contributed by atoms with Crippen LogP contribution in [0.25, 0.3) is 0 Å². The molecule has 0 saturated heterocycles. The van der Waals surface area contributed by atoms with E-state index >= 15 is 0 Å². The predicted octanol–water partition coefficient (Wildman–Crippen LogP) is 2.25. The lowest BCUT2D eigenvalue weighted by atomic mass is 9.86. The van der Waals surface area contributed by atoms with Gasteiger partial charge in [-0.05, 0) is 18.4 Å². The molecule has 1 aromatic carbocycles. The van der Waals surface area contributed by atoms with Crippen molar-refractivity contribution in [2.45, 2.75) is 32.3 Å². The second-order valence-electron chi connectivity index (χ2n) is 4.75. The summed E-state index contributed by atoms with van der Waals surface area (Å²) in [5.74, 6) is -0.124. The summed E-state index contributed by atoms with van der Waals surface area (Å²) in [6, 6.07) is 9.74. The fraction of sp³-hybridized carbons (Fsp3) is 0.500. The third-order valence-corrected chi connectivity index (χ3v) is 3.60. The molecule has 0 amide bonds. The summed E-state index contributed by atoms with van der Waals surface area (Å²) in [6.07, 6.45) is 3.91. The van der Waals surface area contributed by atoms with Gasteiger partial charge in [0.15, 0.2) is 0 Å². The van der Waals surface area contributed by atoms with Gasteiger partial charge in [-0.3, -0.25) is 4.79 Å². The number of nitrogens with two attached hydrogens (primary N) is 1. The number of hydrogen-bond acceptors (Lipinski definition) is 3. The summed E-state index contributed by atoms with van der Waals surface area (Å²) < 4.78 is 5.39. The Balaban J connectivity index is 1.93. The topological polar surface area (TPSA) is 52.3 Å². The van der Waals surface area contributed by atoms with Crippen molar-refractivity contribution in [1.29, 1.82) is 0 Å². The van der Waals surface area contributed by atoms with Crippen molar-refractivity contribution in [3.63, 3.8) is 0 Å². The average Bonchev–Trinajstić information content (AvgIpc) is 2.87. The Kier molecular flexibility index (Phi) is 3.79. The van der Waals surface area contributed by atoms with E-state index in [0.29, 0.717) is 13.2 Å². The molecule has 3 heteroatoms. The van der Waals surface area contributed by atoms with Crippen molar-refractivity contribution in [2.75, 3.05) is 6.54 Å². The van der Waals surface area contributed by atoms with Crippen molar-refractivity contribution >= 4 is 5.97 Å². The summed E-state index contributed by atoms with van der Waals surface area (Å²) in [6.45, 7) is 0.752. The third-order valence-electron chi connectivity index (χ3n) is 3.60. The first-order valence-corrected chi connectivity index (χ1v) is 6.18. The highest BCUT2D eigenvalue weighted by Crippen LogP contribution is 2.38. The van der Waals surface area contributed by atoms with E-state index < -0.39 is 5.41 Å². The minimum absolute atomic E-state index is 0.124. The second-order valence-corrected chi connectivity index (χ2v) is 4.75. The van der Waals surface area contributed by atoms with Crippen LogP contribution >= 0.6 is 0 Å². The van der Waals surface area contributed by atoms with Crippen molar-refractivity contribution in [3.05, 3.63) is 35.9 Å². The molecule has 2 N–H and O–H groups in total. The summed E-state index contributed by atoms with van der Waals surface area (Å²) in [5, 5.41) is 0. The van der Waals surface area contributed by atoms with Crippen LogP contribution in [0.1, 0.15) is 31.2 Å². The lowest BCUT2D eigenvalue weighted by Crippen LogP contribution is -2.37. The minimum Gasteiger partial charge on any atom is -0.460 e. The van der Waals surface area contributed by atoms with Crippen LogP contribution < -0.4 is 5.73 Å². The fourth-order valence-corrected chi connectivity index (χ4v) is 2.42. The van der Waals surface area contributed by atoms with E-state index in [1.54, 1.807) is 0 Å². The van der Waals surface area contributed by atoms with Crippen molar-refractivity contribution < 1.29 is 9.53 Å². The molecule has 92 valence electrons. The second kappa shape index (κ2) is 5.32. The lowest BCUT2D eigenvalue weighted by molar-refractivity contribution is -0.156. The number of carbonyl (C=O) groups excluding carboxylic acids is 1. The normalized spacial score (nSPS) is 17.9. The molecular weight excluding hydrogens is 214 g/mol. The van der Waals surface area contributed by atoms with Gasteiger partial charge in [0.05, 0.1) is 5.41 Å². The fourth-order valence-electron chi connectivity index (χ4n) is 2.42. The summed E-state index contributed by atoms with van der Waals surface area (Å²) in [5.41, 5.74) is 6.35.